The Morgan fingerprint density at radius 2 is 1.52 bits per heavy atom. The van der Waals surface area contributed by atoms with E-state index in [1.807, 2.05) is 42.5 Å². The van der Waals surface area contributed by atoms with E-state index in [0.29, 0.717) is 0 Å². The molecule has 0 bridgehead atoms. The van der Waals surface area contributed by atoms with Crippen LogP contribution in [0.15, 0.2) is 72.9 Å². The zero-order valence-corrected chi connectivity index (χ0v) is 13.5. The summed E-state index contributed by atoms with van der Waals surface area (Å²) < 4.78 is 2.13. The minimum atomic E-state index is 0.731. The average molecular weight is 319 g/mol. The van der Waals surface area contributed by atoms with Crippen LogP contribution in [0.4, 0.5) is 0 Å². The van der Waals surface area contributed by atoms with Gasteiger partial charge in [0.2, 0.25) is 0 Å². The van der Waals surface area contributed by atoms with Crippen LogP contribution < -0.4 is 0 Å². The molecule has 0 unspecified atom stereocenters. The first kappa shape index (κ1) is 14.0. The molecule has 3 heteroatoms. The second-order valence-electron chi connectivity index (χ2n) is 5.61. The molecular weight excluding hydrogens is 304 g/mol. The van der Waals surface area contributed by atoms with Gasteiger partial charge in [-0.25, -0.2) is 4.98 Å². The van der Waals surface area contributed by atoms with Gasteiger partial charge in [0.05, 0.1) is 11.4 Å². The van der Waals surface area contributed by atoms with E-state index in [9.17, 15) is 0 Å². The van der Waals surface area contributed by atoms with Gasteiger partial charge in [0.25, 0.3) is 0 Å². The number of benzene rings is 2. The molecule has 0 saturated carbocycles. The Bertz CT molecular complexity index is 967. The van der Waals surface area contributed by atoms with Gasteiger partial charge >= 0.3 is 0 Å². The van der Waals surface area contributed by atoms with Crippen LogP contribution in [-0.4, -0.2) is 9.38 Å². The lowest BCUT2D eigenvalue weighted by atomic mass is 10.0. The molecule has 2 heterocycles. The number of pyridine rings is 1. The summed E-state index contributed by atoms with van der Waals surface area (Å²) in [6.07, 6.45) is 2.05. The molecule has 0 saturated heterocycles. The number of aromatic nitrogens is 2. The third kappa shape index (κ3) is 2.51. The summed E-state index contributed by atoms with van der Waals surface area (Å²) in [6.45, 7) is 2.10. The highest BCUT2D eigenvalue weighted by atomic mass is 35.5. The molecule has 2 aromatic heterocycles. The molecular formula is C20H15ClN2. The largest absolute Gasteiger partial charge is 0.299 e. The van der Waals surface area contributed by atoms with Crippen molar-refractivity contribution in [2.75, 3.05) is 0 Å². The molecule has 4 aromatic rings. The second-order valence-corrected chi connectivity index (χ2v) is 6.05. The van der Waals surface area contributed by atoms with E-state index in [2.05, 4.69) is 41.8 Å². The Morgan fingerprint density at radius 3 is 2.26 bits per heavy atom. The molecule has 2 aromatic carbocycles. The van der Waals surface area contributed by atoms with E-state index in [1.165, 1.54) is 5.56 Å². The van der Waals surface area contributed by atoms with Gasteiger partial charge in [0.15, 0.2) is 0 Å². The lowest BCUT2D eigenvalue weighted by molar-refractivity contribution is 1.19. The van der Waals surface area contributed by atoms with Crippen LogP contribution in [0.1, 0.15) is 5.56 Å². The molecule has 0 N–H and O–H groups in total. The van der Waals surface area contributed by atoms with E-state index in [0.717, 1.165) is 33.2 Å². The fourth-order valence-corrected chi connectivity index (χ4v) is 2.92. The van der Waals surface area contributed by atoms with E-state index in [-0.39, 0.29) is 0 Å². The zero-order chi connectivity index (χ0) is 15.8. The van der Waals surface area contributed by atoms with Crippen molar-refractivity contribution in [3.8, 4) is 22.5 Å². The summed E-state index contributed by atoms with van der Waals surface area (Å²) >= 11 is 6.03. The van der Waals surface area contributed by atoms with Crippen LogP contribution in [0.2, 0.25) is 5.02 Å². The quantitative estimate of drug-likeness (QED) is 0.468. The predicted octanol–water partition coefficient (Wildman–Crippen LogP) is 5.63. The highest BCUT2D eigenvalue weighted by Crippen LogP contribution is 2.33. The van der Waals surface area contributed by atoms with Gasteiger partial charge < -0.3 is 0 Å². The van der Waals surface area contributed by atoms with Crippen LogP contribution in [0.5, 0.6) is 0 Å². The second kappa shape index (κ2) is 5.56. The minimum Gasteiger partial charge on any atom is -0.299 e. The Kier molecular flexibility index (Phi) is 3.40. The molecule has 112 valence electrons. The fourth-order valence-electron chi connectivity index (χ4n) is 2.79. The summed E-state index contributed by atoms with van der Waals surface area (Å²) in [5.74, 6) is 0. The normalized spacial score (nSPS) is 11.0. The van der Waals surface area contributed by atoms with Gasteiger partial charge in [0, 0.05) is 22.3 Å². The van der Waals surface area contributed by atoms with Gasteiger partial charge in [-0.1, -0.05) is 59.6 Å². The molecule has 0 aliphatic carbocycles. The average Bonchev–Trinajstić information content (AvgIpc) is 2.96. The molecule has 0 amide bonds. The zero-order valence-electron chi connectivity index (χ0n) is 12.7. The molecule has 0 aliphatic heterocycles. The molecule has 23 heavy (non-hydrogen) atoms. The first-order chi connectivity index (χ1) is 11.2. The molecule has 4 rings (SSSR count). The van der Waals surface area contributed by atoms with E-state index < -0.39 is 0 Å². The van der Waals surface area contributed by atoms with E-state index in [1.54, 1.807) is 0 Å². The highest BCUT2D eigenvalue weighted by Gasteiger charge is 2.15. The third-order valence-corrected chi connectivity index (χ3v) is 4.22. The van der Waals surface area contributed by atoms with Gasteiger partial charge in [-0.15, -0.1) is 0 Å². The van der Waals surface area contributed by atoms with Crippen LogP contribution in [0.25, 0.3) is 28.2 Å². The third-order valence-electron chi connectivity index (χ3n) is 3.97. The summed E-state index contributed by atoms with van der Waals surface area (Å²) in [7, 11) is 0. The first-order valence-corrected chi connectivity index (χ1v) is 7.90. The van der Waals surface area contributed by atoms with Crippen molar-refractivity contribution in [3.05, 3.63) is 83.5 Å². The molecule has 0 atom stereocenters. The van der Waals surface area contributed by atoms with Gasteiger partial charge in [0.1, 0.15) is 5.65 Å². The number of nitrogens with zero attached hydrogens (tertiary/aromatic N) is 2. The van der Waals surface area contributed by atoms with Gasteiger partial charge in [-0.05, 0) is 31.2 Å². The number of rotatable bonds is 2. The maximum atomic E-state index is 6.03. The van der Waals surface area contributed by atoms with Crippen LogP contribution in [-0.2, 0) is 0 Å². The maximum Gasteiger partial charge on any atom is 0.137 e. The van der Waals surface area contributed by atoms with Crippen molar-refractivity contribution in [1.29, 1.82) is 0 Å². The maximum absolute atomic E-state index is 6.03. The Balaban J connectivity index is 2.01. The van der Waals surface area contributed by atoms with Gasteiger partial charge in [-0.3, -0.25) is 4.40 Å². The molecule has 0 spiro atoms. The molecule has 0 radical (unpaired) electrons. The van der Waals surface area contributed by atoms with E-state index in [4.69, 9.17) is 16.6 Å². The Labute approximate surface area is 140 Å². The smallest absolute Gasteiger partial charge is 0.137 e. The van der Waals surface area contributed by atoms with Crippen LogP contribution in [0.3, 0.4) is 0 Å². The van der Waals surface area contributed by atoms with Crippen molar-refractivity contribution in [2.24, 2.45) is 0 Å². The predicted molar refractivity (Wildman–Crippen MR) is 95.8 cm³/mol. The van der Waals surface area contributed by atoms with Crippen molar-refractivity contribution in [2.45, 2.75) is 6.92 Å². The summed E-state index contributed by atoms with van der Waals surface area (Å²) in [5.41, 5.74) is 6.47. The van der Waals surface area contributed by atoms with Gasteiger partial charge in [-0.2, -0.15) is 0 Å². The monoisotopic (exact) mass is 318 g/mol. The number of aryl methyl sites for hydroxylation is 1. The summed E-state index contributed by atoms with van der Waals surface area (Å²) in [5, 5.41) is 0.731. The number of hydrogen-bond donors (Lipinski definition) is 0. The molecule has 0 aliphatic rings. The number of halogens is 1. The minimum absolute atomic E-state index is 0.731. The highest BCUT2D eigenvalue weighted by molar-refractivity contribution is 6.30. The fraction of sp³-hybridized carbons (Fsp3) is 0.0500. The lowest BCUT2D eigenvalue weighted by Gasteiger charge is -2.06. The first-order valence-electron chi connectivity index (χ1n) is 7.52. The van der Waals surface area contributed by atoms with Crippen LogP contribution in [0, 0.1) is 6.92 Å². The lowest BCUT2D eigenvalue weighted by Crippen LogP contribution is -1.89. The van der Waals surface area contributed by atoms with Crippen molar-refractivity contribution < 1.29 is 0 Å². The Morgan fingerprint density at radius 1 is 0.826 bits per heavy atom. The standard InChI is InChI=1S/C20H15ClN2/c1-14-5-7-16(8-6-14)20-19(15-9-11-17(21)12-10-15)22-18-4-2-3-13-23(18)20/h2-13H,1H3. The van der Waals surface area contributed by atoms with Crippen molar-refractivity contribution in [1.82, 2.24) is 9.38 Å². The summed E-state index contributed by atoms with van der Waals surface area (Å²) in [4.78, 5) is 4.83. The topological polar surface area (TPSA) is 17.3 Å². The van der Waals surface area contributed by atoms with E-state index >= 15 is 0 Å². The number of hydrogen-bond acceptors (Lipinski definition) is 1. The SMILES string of the molecule is Cc1ccc(-c2c(-c3ccc(Cl)cc3)nc3ccccn23)cc1. The Hall–Kier alpha value is -2.58. The van der Waals surface area contributed by atoms with Crippen molar-refractivity contribution >= 4 is 17.2 Å². The molecule has 0 fully saturated rings. The molecule has 2 nitrogen and oxygen atoms in total. The number of imidazole rings is 1. The summed E-state index contributed by atoms with van der Waals surface area (Å²) in [6, 6.07) is 22.4. The van der Waals surface area contributed by atoms with Crippen LogP contribution >= 0.6 is 11.6 Å². The number of fused-ring (bicyclic) bond motifs is 1. The van der Waals surface area contributed by atoms with Crippen molar-refractivity contribution in [3.63, 3.8) is 0 Å².